The van der Waals surface area contributed by atoms with Gasteiger partial charge in [-0.25, -0.2) is 0 Å². The van der Waals surface area contributed by atoms with Gasteiger partial charge < -0.3 is 14.7 Å². The smallest absolute Gasteiger partial charge is 0.416 e. The topological polar surface area (TPSA) is 66.8 Å². The van der Waals surface area contributed by atoms with Crippen molar-refractivity contribution in [2.45, 2.75) is 24.7 Å². The Balaban J connectivity index is 1.91. The van der Waals surface area contributed by atoms with Gasteiger partial charge in [0, 0.05) is 22.2 Å². The number of nitrogens with zero attached hydrogens (tertiary/aromatic N) is 1. The molecule has 1 N–H and O–H groups in total. The van der Waals surface area contributed by atoms with Crippen LogP contribution in [0.25, 0.3) is 0 Å². The molecule has 3 aromatic rings. The van der Waals surface area contributed by atoms with E-state index in [2.05, 4.69) is 0 Å². The fraction of sp³-hybridized carbons (Fsp3) is 0.200. The second-order valence-electron chi connectivity index (χ2n) is 8.01. The maximum Gasteiger partial charge on any atom is 0.416 e. The van der Waals surface area contributed by atoms with E-state index in [1.165, 1.54) is 60.5 Å². The summed E-state index contributed by atoms with van der Waals surface area (Å²) in [5.41, 5.74) is -0.0493. The van der Waals surface area contributed by atoms with Gasteiger partial charge in [-0.15, -0.1) is 0 Å². The summed E-state index contributed by atoms with van der Waals surface area (Å²) in [6.45, 7) is -0.276. The summed E-state index contributed by atoms with van der Waals surface area (Å²) in [6, 6.07) is 12.3. The number of ether oxygens (including phenoxy) is 1. The Hall–Kier alpha value is -3.23. The van der Waals surface area contributed by atoms with Crippen LogP contribution in [0.3, 0.4) is 0 Å². The number of carboxylic acids is 1. The summed E-state index contributed by atoms with van der Waals surface area (Å²) >= 11 is 12.5. The first-order chi connectivity index (χ1) is 16.5. The number of amides is 1. The van der Waals surface area contributed by atoms with E-state index in [-0.39, 0.29) is 28.3 Å². The van der Waals surface area contributed by atoms with E-state index in [0.29, 0.717) is 16.3 Å². The van der Waals surface area contributed by atoms with Crippen molar-refractivity contribution in [1.29, 1.82) is 0 Å². The standard InChI is InChI=1S/C25H18Cl2F3NO4/c1-35-16-6-8-17-19(11-16)21(24(33)34)22(18-7-5-15(26)10-20(18)27)31(23(17)32)12-13-3-2-4-14(9-13)25(28,29)30/h2-11,21-22H,12H2,1H3,(H,33,34). The number of rotatable bonds is 5. The van der Waals surface area contributed by atoms with Gasteiger partial charge in [0.25, 0.3) is 5.91 Å². The summed E-state index contributed by atoms with van der Waals surface area (Å²) in [5.74, 6) is -2.71. The monoisotopic (exact) mass is 523 g/mol. The van der Waals surface area contributed by atoms with Crippen molar-refractivity contribution in [3.63, 3.8) is 0 Å². The van der Waals surface area contributed by atoms with Gasteiger partial charge in [-0.1, -0.05) is 41.4 Å². The van der Waals surface area contributed by atoms with Crippen LogP contribution >= 0.6 is 23.2 Å². The molecule has 5 nitrogen and oxygen atoms in total. The van der Waals surface area contributed by atoms with Gasteiger partial charge >= 0.3 is 12.1 Å². The summed E-state index contributed by atoms with van der Waals surface area (Å²) in [7, 11) is 1.41. The molecule has 2 atom stereocenters. The molecule has 1 aliphatic heterocycles. The van der Waals surface area contributed by atoms with Crippen molar-refractivity contribution in [2.24, 2.45) is 0 Å². The van der Waals surface area contributed by atoms with Gasteiger partial charge in [0.15, 0.2) is 0 Å². The first kappa shape index (κ1) is 24.9. The molecule has 0 saturated heterocycles. The van der Waals surface area contributed by atoms with Crippen LogP contribution in [0.15, 0.2) is 60.7 Å². The van der Waals surface area contributed by atoms with Gasteiger partial charge in [-0.3, -0.25) is 9.59 Å². The largest absolute Gasteiger partial charge is 0.497 e. The molecule has 10 heteroatoms. The third-order valence-corrected chi connectivity index (χ3v) is 6.45. The van der Waals surface area contributed by atoms with E-state index < -0.39 is 35.6 Å². The lowest BCUT2D eigenvalue weighted by Crippen LogP contribution is -2.44. The van der Waals surface area contributed by atoms with Crippen LogP contribution in [0.2, 0.25) is 10.0 Å². The molecule has 0 saturated carbocycles. The number of hydrogen-bond acceptors (Lipinski definition) is 3. The van der Waals surface area contributed by atoms with Crippen molar-refractivity contribution in [1.82, 2.24) is 4.90 Å². The number of methoxy groups -OCH3 is 1. The van der Waals surface area contributed by atoms with Crippen LogP contribution in [0.1, 0.15) is 44.6 Å². The third kappa shape index (κ3) is 4.81. The predicted octanol–water partition coefficient (Wildman–Crippen LogP) is 6.59. The fourth-order valence-electron chi connectivity index (χ4n) is 4.32. The van der Waals surface area contributed by atoms with Crippen molar-refractivity contribution in [2.75, 3.05) is 7.11 Å². The van der Waals surface area contributed by atoms with E-state index >= 15 is 0 Å². The van der Waals surface area contributed by atoms with Gasteiger partial charge in [-0.2, -0.15) is 13.2 Å². The Morgan fingerprint density at radius 1 is 1.06 bits per heavy atom. The molecule has 3 aromatic carbocycles. The average molecular weight is 524 g/mol. The van der Waals surface area contributed by atoms with Crippen molar-refractivity contribution in [3.8, 4) is 5.75 Å². The van der Waals surface area contributed by atoms with Gasteiger partial charge in [-0.05, 0) is 59.2 Å². The normalized spacial score (nSPS) is 17.8. The second kappa shape index (κ2) is 9.43. The minimum absolute atomic E-state index is 0.117. The molecule has 0 aliphatic carbocycles. The van der Waals surface area contributed by atoms with Gasteiger partial charge in [0.05, 0.1) is 18.7 Å². The van der Waals surface area contributed by atoms with Crippen LogP contribution in [0.5, 0.6) is 5.75 Å². The number of alkyl halides is 3. The van der Waals surface area contributed by atoms with Gasteiger partial charge in [0.2, 0.25) is 0 Å². The third-order valence-electron chi connectivity index (χ3n) is 5.89. The maximum atomic E-state index is 13.6. The number of carboxylic acid groups (broad SMARTS) is 1. The second-order valence-corrected chi connectivity index (χ2v) is 8.85. The van der Waals surface area contributed by atoms with Crippen molar-refractivity contribution < 1.29 is 32.6 Å². The zero-order valence-electron chi connectivity index (χ0n) is 18.1. The van der Waals surface area contributed by atoms with Gasteiger partial charge in [0.1, 0.15) is 11.7 Å². The van der Waals surface area contributed by atoms with E-state index in [1.807, 2.05) is 0 Å². The van der Waals surface area contributed by atoms with E-state index in [0.717, 1.165) is 12.1 Å². The molecule has 0 spiro atoms. The fourth-order valence-corrected chi connectivity index (χ4v) is 4.84. The highest BCUT2D eigenvalue weighted by Gasteiger charge is 2.45. The lowest BCUT2D eigenvalue weighted by molar-refractivity contribution is -0.140. The molecule has 182 valence electrons. The van der Waals surface area contributed by atoms with Crippen molar-refractivity contribution >= 4 is 35.1 Å². The van der Waals surface area contributed by atoms with Crippen LogP contribution in [0.4, 0.5) is 13.2 Å². The average Bonchev–Trinajstić information content (AvgIpc) is 2.80. The predicted molar refractivity (Wildman–Crippen MR) is 124 cm³/mol. The Morgan fingerprint density at radius 3 is 2.43 bits per heavy atom. The lowest BCUT2D eigenvalue weighted by Gasteiger charge is -2.41. The van der Waals surface area contributed by atoms with E-state index in [9.17, 15) is 27.9 Å². The molecular weight excluding hydrogens is 506 g/mol. The Bertz CT molecular complexity index is 1310. The number of aliphatic carboxylic acids is 1. The molecule has 35 heavy (non-hydrogen) atoms. The highest BCUT2D eigenvalue weighted by Crippen LogP contribution is 2.47. The molecule has 1 amide bonds. The molecule has 0 aromatic heterocycles. The molecule has 0 radical (unpaired) electrons. The molecule has 1 aliphatic rings. The SMILES string of the molecule is COc1ccc2c(c1)C(C(=O)O)C(c1ccc(Cl)cc1Cl)N(Cc1cccc(C(F)(F)F)c1)C2=O. The van der Waals surface area contributed by atoms with Crippen LogP contribution < -0.4 is 4.74 Å². The highest BCUT2D eigenvalue weighted by molar-refractivity contribution is 6.35. The Morgan fingerprint density at radius 2 is 1.80 bits per heavy atom. The molecule has 0 bridgehead atoms. The number of halogens is 5. The molecule has 4 rings (SSSR count). The number of hydrogen-bond donors (Lipinski definition) is 1. The summed E-state index contributed by atoms with van der Waals surface area (Å²) < 4.78 is 45.1. The first-order valence-electron chi connectivity index (χ1n) is 10.3. The van der Waals surface area contributed by atoms with Crippen LogP contribution in [-0.2, 0) is 17.5 Å². The minimum Gasteiger partial charge on any atom is -0.497 e. The lowest BCUT2D eigenvalue weighted by atomic mass is 9.79. The molecule has 0 fully saturated rings. The Labute approximate surface area is 208 Å². The number of benzene rings is 3. The summed E-state index contributed by atoms with van der Waals surface area (Å²) in [6.07, 6.45) is -4.58. The number of fused-ring (bicyclic) bond motifs is 1. The zero-order chi connectivity index (χ0) is 25.5. The zero-order valence-corrected chi connectivity index (χ0v) is 19.7. The maximum absolute atomic E-state index is 13.6. The highest BCUT2D eigenvalue weighted by atomic mass is 35.5. The summed E-state index contributed by atoms with van der Waals surface area (Å²) in [5, 5.41) is 10.7. The van der Waals surface area contributed by atoms with Crippen molar-refractivity contribution in [3.05, 3.63) is 98.5 Å². The van der Waals surface area contributed by atoms with E-state index in [4.69, 9.17) is 27.9 Å². The molecule has 1 heterocycles. The van der Waals surface area contributed by atoms with Crippen LogP contribution in [0, 0.1) is 0 Å². The molecular formula is C25H18Cl2F3NO4. The van der Waals surface area contributed by atoms with E-state index in [1.54, 1.807) is 0 Å². The quantitative estimate of drug-likeness (QED) is 0.409. The molecule has 2 unspecified atom stereocenters. The minimum atomic E-state index is -4.58. The Kier molecular flexibility index (Phi) is 6.71. The number of carbonyl (C=O) groups excluding carboxylic acids is 1. The summed E-state index contributed by atoms with van der Waals surface area (Å²) in [4.78, 5) is 27.4. The van der Waals surface area contributed by atoms with Crippen LogP contribution in [-0.4, -0.2) is 29.0 Å². The first-order valence-corrected chi connectivity index (χ1v) is 11.1. The number of carbonyl (C=O) groups is 2.